The number of nitrogen functional groups attached to an aromatic ring is 1. The first kappa shape index (κ1) is 29.6. The number of hydrogen-bond donors (Lipinski definition) is 4. The van der Waals surface area contributed by atoms with Crippen LogP contribution in [-0.4, -0.2) is 41.2 Å². The highest BCUT2D eigenvalue weighted by atomic mass is 35.5. The average Bonchev–Trinajstić information content (AvgIpc) is 2.89. The van der Waals surface area contributed by atoms with Gasteiger partial charge in [-0.3, -0.25) is 4.79 Å². The summed E-state index contributed by atoms with van der Waals surface area (Å²) in [6.45, 7) is 9.31. The maximum Gasteiger partial charge on any atom is 0.293 e. The molecule has 8 nitrogen and oxygen atoms in total. The molecule has 3 aromatic rings. The van der Waals surface area contributed by atoms with Gasteiger partial charge in [0.25, 0.3) is 6.47 Å². The molecule has 4 rings (SSSR count). The van der Waals surface area contributed by atoms with Crippen LogP contribution in [0.1, 0.15) is 44.7 Å². The second-order valence-electron chi connectivity index (χ2n) is 9.97. The number of nitrogens with two attached hydrogens (primary N) is 1. The van der Waals surface area contributed by atoms with Crippen LogP contribution in [0.15, 0.2) is 48.7 Å². The van der Waals surface area contributed by atoms with E-state index in [1.54, 1.807) is 18.3 Å². The lowest BCUT2D eigenvalue weighted by Crippen LogP contribution is -2.39. The lowest BCUT2D eigenvalue weighted by molar-refractivity contribution is -0.138. The van der Waals surface area contributed by atoms with Gasteiger partial charge >= 0.3 is 0 Å². The summed E-state index contributed by atoms with van der Waals surface area (Å²) in [7, 11) is 0. The summed E-state index contributed by atoms with van der Waals surface area (Å²) >= 11 is 12.5. The Bertz CT molecular complexity index is 1180. The fourth-order valence-electron chi connectivity index (χ4n) is 3.81. The largest absolute Gasteiger partial charge is 0.462 e. The number of piperidine rings is 1. The highest BCUT2D eigenvalue weighted by Gasteiger charge is 2.13. The Morgan fingerprint density at radius 1 is 1.11 bits per heavy atom. The molecule has 2 heterocycles. The standard InChI is InChI=1S/C23H26Cl2N6.C5H10O2/c24-19-5-2-6-20(25)18(19)13-30-23-22(26)29-14-21(31-23)16-4-1-3-15(11-16)12-28-17-7-9-27-10-8-17;1-5(2,3)7-4-6/h1-6,11,14,17,27-28H,7-10,12-13H2,(H2,26,29)(H,30,31);4H,1-3H3. The number of carbonyl (C=O) groups is 1. The molecule has 0 saturated carbocycles. The van der Waals surface area contributed by atoms with Crippen LogP contribution in [0, 0.1) is 0 Å². The van der Waals surface area contributed by atoms with Crippen molar-refractivity contribution in [1.82, 2.24) is 20.6 Å². The number of carbonyl (C=O) groups excluding carboxylic acids is 1. The molecule has 1 aliphatic rings. The molecule has 10 heteroatoms. The predicted molar refractivity (Wildman–Crippen MR) is 155 cm³/mol. The van der Waals surface area contributed by atoms with Crippen molar-refractivity contribution in [2.75, 3.05) is 24.1 Å². The van der Waals surface area contributed by atoms with Crippen molar-refractivity contribution in [3.63, 3.8) is 0 Å². The quantitative estimate of drug-likeness (QED) is 0.270. The van der Waals surface area contributed by atoms with Crippen LogP contribution < -0.4 is 21.7 Å². The number of rotatable bonds is 8. The smallest absolute Gasteiger partial charge is 0.293 e. The van der Waals surface area contributed by atoms with E-state index in [0.717, 1.165) is 49.3 Å². The third kappa shape index (κ3) is 9.44. The van der Waals surface area contributed by atoms with Crippen LogP contribution in [0.25, 0.3) is 11.3 Å². The zero-order valence-electron chi connectivity index (χ0n) is 22.1. The molecule has 2 aromatic carbocycles. The minimum Gasteiger partial charge on any atom is -0.462 e. The summed E-state index contributed by atoms with van der Waals surface area (Å²) < 4.78 is 4.55. The van der Waals surface area contributed by atoms with E-state index in [9.17, 15) is 4.79 Å². The van der Waals surface area contributed by atoms with Gasteiger partial charge in [-0.25, -0.2) is 9.97 Å². The van der Waals surface area contributed by atoms with E-state index in [4.69, 9.17) is 33.9 Å². The van der Waals surface area contributed by atoms with Crippen LogP contribution in [0.2, 0.25) is 10.0 Å². The number of aromatic nitrogens is 2. The first-order valence-electron chi connectivity index (χ1n) is 12.6. The van der Waals surface area contributed by atoms with Gasteiger partial charge in [0.1, 0.15) is 5.60 Å². The van der Waals surface area contributed by atoms with Crippen LogP contribution in [0.4, 0.5) is 11.6 Å². The summed E-state index contributed by atoms with van der Waals surface area (Å²) in [4.78, 5) is 18.6. The van der Waals surface area contributed by atoms with Gasteiger partial charge in [-0.2, -0.15) is 0 Å². The number of benzene rings is 2. The topological polar surface area (TPSA) is 114 Å². The molecule has 0 bridgehead atoms. The molecule has 0 unspecified atom stereocenters. The fraction of sp³-hybridized carbons (Fsp3) is 0.393. The van der Waals surface area contributed by atoms with Gasteiger partial charge in [-0.15, -0.1) is 0 Å². The predicted octanol–water partition coefficient (Wildman–Crippen LogP) is 5.44. The fourth-order valence-corrected chi connectivity index (χ4v) is 4.35. The highest BCUT2D eigenvalue weighted by molar-refractivity contribution is 6.36. The normalized spacial score (nSPS) is 13.8. The van der Waals surface area contributed by atoms with E-state index in [1.165, 1.54) is 5.56 Å². The highest BCUT2D eigenvalue weighted by Crippen LogP contribution is 2.27. The zero-order valence-corrected chi connectivity index (χ0v) is 23.6. The van der Waals surface area contributed by atoms with Gasteiger partial charge in [0, 0.05) is 40.3 Å². The van der Waals surface area contributed by atoms with Gasteiger partial charge in [0.2, 0.25) is 0 Å². The molecule has 0 aliphatic carbocycles. The Kier molecular flexibility index (Phi) is 11.2. The Labute approximate surface area is 234 Å². The third-order valence-electron chi connectivity index (χ3n) is 5.85. The maximum absolute atomic E-state index is 9.60. The molecule has 0 amide bonds. The van der Waals surface area contributed by atoms with Crippen LogP contribution in [-0.2, 0) is 22.6 Å². The van der Waals surface area contributed by atoms with Crippen molar-refractivity contribution < 1.29 is 9.53 Å². The van der Waals surface area contributed by atoms with Crippen LogP contribution in [0.5, 0.6) is 0 Å². The van der Waals surface area contributed by atoms with E-state index >= 15 is 0 Å². The number of hydrogen-bond acceptors (Lipinski definition) is 8. The van der Waals surface area contributed by atoms with Crippen molar-refractivity contribution in [3.8, 4) is 11.3 Å². The molecule has 1 saturated heterocycles. The van der Waals surface area contributed by atoms with Crippen molar-refractivity contribution in [2.24, 2.45) is 0 Å². The molecule has 1 aromatic heterocycles. The van der Waals surface area contributed by atoms with E-state index in [2.05, 4.69) is 37.8 Å². The van der Waals surface area contributed by atoms with Crippen molar-refractivity contribution in [1.29, 1.82) is 0 Å². The minimum atomic E-state index is -0.318. The molecule has 0 atom stereocenters. The summed E-state index contributed by atoms with van der Waals surface area (Å²) in [5.74, 6) is 0.836. The molecule has 38 heavy (non-hydrogen) atoms. The van der Waals surface area contributed by atoms with Crippen molar-refractivity contribution in [3.05, 3.63) is 69.8 Å². The van der Waals surface area contributed by atoms with Gasteiger partial charge in [-0.1, -0.05) is 47.5 Å². The molecule has 1 aliphatic heterocycles. The van der Waals surface area contributed by atoms with Gasteiger partial charge < -0.3 is 26.4 Å². The number of ether oxygens (including phenoxy) is 1. The first-order chi connectivity index (χ1) is 18.2. The van der Waals surface area contributed by atoms with Crippen molar-refractivity contribution >= 4 is 41.3 Å². The first-order valence-corrected chi connectivity index (χ1v) is 13.4. The summed E-state index contributed by atoms with van der Waals surface area (Å²) in [6.07, 6.45) is 4.02. The Morgan fingerprint density at radius 2 is 1.79 bits per heavy atom. The zero-order chi connectivity index (χ0) is 27.5. The van der Waals surface area contributed by atoms with Crippen LogP contribution >= 0.6 is 23.2 Å². The lowest BCUT2D eigenvalue weighted by atomic mass is 10.1. The summed E-state index contributed by atoms with van der Waals surface area (Å²) in [6, 6.07) is 14.3. The monoisotopic (exact) mass is 558 g/mol. The van der Waals surface area contributed by atoms with Gasteiger partial charge in [0.15, 0.2) is 11.6 Å². The Balaban J connectivity index is 0.000000505. The maximum atomic E-state index is 9.60. The molecular formula is C28H36Cl2N6O2. The van der Waals surface area contributed by atoms with Crippen LogP contribution in [0.3, 0.4) is 0 Å². The minimum absolute atomic E-state index is 0.318. The summed E-state index contributed by atoms with van der Waals surface area (Å²) in [5.41, 5.74) is 9.49. The number of nitrogens with one attached hydrogen (secondary N) is 3. The summed E-state index contributed by atoms with van der Waals surface area (Å²) in [5, 5.41) is 11.5. The third-order valence-corrected chi connectivity index (χ3v) is 6.56. The van der Waals surface area contributed by atoms with E-state index in [-0.39, 0.29) is 5.60 Å². The second kappa shape index (κ2) is 14.3. The SMILES string of the molecule is CC(C)(C)OC=O.Nc1ncc(-c2cccc(CNC3CCNCC3)c2)nc1NCc1c(Cl)cccc1Cl. The molecular weight excluding hydrogens is 523 g/mol. The van der Waals surface area contributed by atoms with Crippen molar-refractivity contribution in [2.45, 2.75) is 58.3 Å². The van der Waals surface area contributed by atoms with Gasteiger partial charge in [0.05, 0.1) is 11.9 Å². The average molecular weight is 560 g/mol. The Morgan fingerprint density at radius 3 is 2.42 bits per heavy atom. The molecule has 0 radical (unpaired) electrons. The number of nitrogens with zero attached hydrogens (tertiary/aromatic N) is 2. The molecule has 204 valence electrons. The van der Waals surface area contributed by atoms with E-state index < -0.39 is 0 Å². The number of anilines is 2. The van der Waals surface area contributed by atoms with E-state index in [1.807, 2.05) is 39.0 Å². The number of halogens is 2. The molecule has 5 N–H and O–H groups in total. The Hall–Kier alpha value is -2.91. The van der Waals surface area contributed by atoms with Gasteiger partial charge in [-0.05, 0) is 70.5 Å². The van der Waals surface area contributed by atoms with E-state index in [0.29, 0.717) is 40.7 Å². The lowest BCUT2D eigenvalue weighted by Gasteiger charge is -2.23. The molecule has 1 fully saturated rings. The molecule has 0 spiro atoms. The second-order valence-corrected chi connectivity index (χ2v) is 10.8.